The zero-order chi connectivity index (χ0) is 13.2. The maximum atomic E-state index is 4.72. The molecule has 0 spiro atoms. The van der Waals surface area contributed by atoms with Crippen molar-refractivity contribution in [2.24, 2.45) is 0 Å². The van der Waals surface area contributed by atoms with Crippen LogP contribution in [0.4, 0.5) is 0 Å². The number of rotatable bonds is 2. The summed E-state index contributed by atoms with van der Waals surface area (Å²) < 4.78 is 0. The molecular formula is C16H20N2S. The normalized spacial score (nSPS) is 23.5. The van der Waals surface area contributed by atoms with Gasteiger partial charge in [-0.1, -0.05) is 29.8 Å². The van der Waals surface area contributed by atoms with E-state index in [1.54, 1.807) is 0 Å². The Morgan fingerprint density at radius 1 is 1.16 bits per heavy atom. The SMILES string of the molecule is Cc1ccc(C2CNCCC2c2nc(C)cs2)cc1. The predicted molar refractivity (Wildman–Crippen MR) is 81.0 cm³/mol. The van der Waals surface area contributed by atoms with Crippen LogP contribution in [-0.4, -0.2) is 18.1 Å². The topological polar surface area (TPSA) is 24.9 Å². The van der Waals surface area contributed by atoms with Gasteiger partial charge in [-0.05, 0) is 32.4 Å². The number of piperidine rings is 1. The second-order valence-corrected chi connectivity index (χ2v) is 6.33. The summed E-state index contributed by atoms with van der Waals surface area (Å²) in [5.74, 6) is 1.13. The van der Waals surface area contributed by atoms with Gasteiger partial charge in [-0.15, -0.1) is 11.3 Å². The van der Waals surface area contributed by atoms with Crippen molar-refractivity contribution in [2.75, 3.05) is 13.1 Å². The standard InChI is InChI=1S/C16H20N2S/c1-11-3-5-13(6-4-11)15-9-17-8-7-14(15)16-18-12(2)10-19-16/h3-6,10,14-15,17H,7-9H2,1-2H3. The first kappa shape index (κ1) is 12.8. The first-order chi connectivity index (χ1) is 9.24. The molecule has 3 heteroatoms. The lowest BCUT2D eigenvalue weighted by Gasteiger charge is -2.31. The van der Waals surface area contributed by atoms with Gasteiger partial charge in [0.15, 0.2) is 0 Å². The minimum atomic E-state index is 0.555. The van der Waals surface area contributed by atoms with Crippen LogP contribution in [0.25, 0.3) is 0 Å². The van der Waals surface area contributed by atoms with Crippen molar-refractivity contribution in [1.29, 1.82) is 0 Å². The summed E-state index contributed by atoms with van der Waals surface area (Å²) in [6.45, 7) is 6.39. The van der Waals surface area contributed by atoms with Gasteiger partial charge in [0.05, 0.1) is 5.01 Å². The molecule has 100 valence electrons. The molecule has 2 atom stereocenters. The number of hydrogen-bond donors (Lipinski definition) is 1. The minimum absolute atomic E-state index is 0.555. The molecule has 19 heavy (non-hydrogen) atoms. The molecule has 0 bridgehead atoms. The molecule has 1 fully saturated rings. The number of aromatic nitrogens is 1. The third-order valence-corrected chi connectivity index (χ3v) is 5.04. The monoisotopic (exact) mass is 272 g/mol. The van der Waals surface area contributed by atoms with Crippen LogP contribution in [0.15, 0.2) is 29.6 Å². The van der Waals surface area contributed by atoms with Crippen LogP contribution >= 0.6 is 11.3 Å². The average Bonchev–Trinajstić information content (AvgIpc) is 2.86. The summed E-state index contributed by atoms with van der Waals surface area (Å²) in [5.41, 5.74) is 3.92. The molecule has 0 radical (unpaired) electrons. The van der Waals surface area contributed by atoms with Crippen molar-refractivity contribution in [3.8, 4) is 0 Å². The van der Waals surface area contributed by atoms with Crippen molar-refractivity contribution in [1.82, 2.24) is 10.3 Å². The molecule has 1 aromatic heterocycles. The number of thiazole rings is 1. The lowest BCUT2D eigenvalue weighted by Crippen LogP contribution is -2.34. The second-order valence-electron chi connectivity index (χ2n) is 5.44. The Morgan fingerprint density at radius 3 is 2.63 bits per heavy atom. The van der Waals surface area contributed by atoms with Gasteiger partial charge in [0.2, 0.25) is 0 Å². The van der Waals surface area contributed by atoms with Crippen LogP contribution in [0.2, 0.25) is 0 Å². The van der Waals surface area contributed by atoms with Crippen LogP contribution in [0.3, 0.4) is 0 Å². The zero-order valence-corrected chi connectivity index (χ0v) is 12.3. The highest BCUT2D eigenvalue weighted by Crippen LogP contribution is 2.38. The zero-order valence-electron chi connectivity index (χ0n) is 11.5. The predicted octanol–water partition coefficient (Wildman–Crippen LogP) is 3.62. The Labute approximate surface area is 118 Å². The van der Waals surface area contributed by atoms with Gasteiger partial charge in [-0.3, -0.25) is 0 Å². The van der Waals surface area contributed by atoms with E-state index in [0.717, 1.165) is 18.8 Å². The highest BCUT2D eigenvalue weighted by molar-refractivity contribution is 7.09. The van der Waals surface area contributed by atoms with E-state index < -0.39 is 0 Å². The third kappa shape index (κ3) is 2.72. The van der Waals surface area contributed by atoms with Gasteiger partial charge in [0.25, 0.3) is 0 Å². The third-order valence-electron chi connectivity index (χ3n) is 3.94. The van der Waals surface area contributed by atoms with E-state index in [2.05, 4.69) is 48.8 Å². The molecule has 1 saturated heterocycles. The summed E-state index contributed by atoms with van der Waals surface area (Å²) in [6.07, 6.45) is 1.19. The lowest BCUT2D eigenvalue weighted by atomic mass is 9.81. The van der Waals surface area contributed by atoms with E-state index in [1.807, 2.05) is 11.3 Å². The molecule has 1 N–H and O–H groups in total. The minimum Gasteiger partial charge on any atom is -0.316 e. The fourth-order valence-electron chi connectivity index (χ4n) is 2.86. The largest absolute Gasteiger partial charge is 0.316 e. The van der Waals surface area contributed by atoms with Crippen molar-refractivity contribution in [3.05, 3.63) is 51.5 Å². The van der Waals surface area contributed by atoms with Gasteiger partial charge in [-0.25, -0.2) is 4.98 Å². The molecule has 0 amide bonds. The average molecular weight is 272 g/mol. The van der Waals surface area contributed by atoms with E-state index in [4.69, 9.17) is 4.98 Å². The van der Waals surface area contributed by atoms with Crippen LogP contribution in [0, 0.1) is 13.8 Å². The number of nitrogens with zero attached hydrogens (tertiary/aromatic N) is 1. The van der Waals surface area contributed by atoms with Crippen molar-refractivity contribution in [3.63, 3.8) is 0 Å². The first-order valence-corrected chi connectivity index (χ1v) is 7.81. The summed E-state index contributed by atoms with van der Waals surface area (Å²) in [5, 5.41) is 7.01. The van der Waals surface area contributed by atoms with Crippen molar-refractivity contribution >= 4 is 11.3 Å². The molecule has 3 rings (SSSR count). The van der Waals surface area contributed by atoms with Gasteiger partial charge in [-0.2, -0.15) is 0 Å². The summed E-state index contributed by atoms with van der Waals surface area (Å²) in [6, 6.07) is 8.99. The van der Waals surface area contributed by atoms with Crippen LogP contribution in [0.5, 0.6) is 0 Å². The van der Waals surface area contributed by atoms with E-state index in [0.29, 0.717) is 11.8 Å². The molecule has 1 aromatic carbocycles. The maximum Gasteiger partial charge on any atom is 0.0966 e. The second kappa shape index (κ2) is 5.43. The Balaban J connectivity index is 1.90. The summed E-state index contributed by atoms with van der Waals surface area (Å²) in [7, 11) is 0. The lowest BCUT2D eigenvalue weighted by molar-refractivity contribution is 0.403. The van der Waals surface area contributed by atoms with Gasteiger partial charge < -0.3 is 5.32 Å². The quantitative estimate of drug-likeness (QED) is 0.903. The Bertz CT molecular complexity index is 544. The van der Waals surface area contributed by atoms with Crippen molar-refractivity contribution in [2.45, 2.75) is 32.1 Å². The summed E-state index contributed by atoms with van der Waals surface area (Å²) >= 11 is 1.82. The molecule has 0 aliphatic carbocycles. The van der Waals surface area contributed by atoms with E-state index >= 15 is 0 Å². The Kier molecular flexibility index (Phi) is 3.67. The smallest absolute Gasteiger partial charge is 0.0966 e. The number of nitrogens with one attached hydrogen (secondary N) is 1. The van der Waals surface area contributed by atoms with Crippen LogP contribution < -0.4 is 5.32 Å². The molecule has 2 nitrogen and oxygen atoms in total. The van der Waals surface area contributed by atoms with Crippen LogP contribution in [0.1, 0.15) is 40.1 Å². The molecule has 2 aromatic rings. The Hall–Kier alpha value is -1.19. The molecular weight excluding hydrogens is 252 g/mol. The summed E-state index contributed by atoms with van der Waals surface area (Å²) in [4.78, 5) is 4.72. The van der Waals surface area contributed by atoms with Gasteiger partial charge in [0, 0.05) is 29.5 Å². The Morgan fingerprint density at radius 2 is 1.95 bits per heavy atom. The highest BCUT2D eigenvalue weighted by atomic mass is 32.1. The number of aryl methyl sites for hydroxylation is 2. The fourth-order valence-corrected chi connectivity index (χ4v) is 3.86. The number of hydrogen-bond acceptors (Lipinski definition) is 3. The van der Waals surface area contributed by atoms with Crippen LogP contribution in [-0.2, 0) is 0 Å². The van der Waals surface area contributed by atoms with Gasteiger partial charge >= 0.3 is 0 Å². The van der Waals surface area contributed by atoms with E-state index in [1.165, 1.54) is 22.6 Å². The maximum absolute atomic E-state index is 4.72. The molecule has 2 heterocycles. The van der Waals surface area contributed by atoms with Crippen molar-refractivity contribution < 1.29 is 0 Å². The molecule has 1 aliphatic heterocycles. The van der Waals surface area contributed by atoms with E-state index in [-0.39, 0.29) is 0 Å². The van der Waals surface area contributed by atoms with Gasteiger partial charge in [0.1, 0.15) is 0 Å². The number of benzene rings is 1. The molecule has 1 aliphatic rings. The fraction of sp³-hybridized carbons (Fsp3) is 0.438. The molecule has 2 unspecified atom stereocenters. The molecule has 0 saturated carbocycles. The highest BCUT2D eigenvalue weighted by Gasteiger charge is 2.29. The first-order valence-electron chi connectivity index (χ1n) is 6.93. The van der Waals surface area contributed by atoms with E-state index in [9.17, 15) is 0 Å².